The van der Waals surface area contributed by atoms with Crippen molar-refractivity contribution in [1.82, 2.24) is 10.2 Å². The third-order valence-electron chi connectivity index (χ3n) is 4.55. The van der Waals surface area contributed by atoms with E-state index in [1.807, 2.05) is 11.8 Å². The maximum atomic E-state index is 12.5. The Balaban J connectivity index is 1.61. The van der Waals surface area contributed by atoms with Crippen LogP contribution >= 0.6 is 11.8 Å². The highest BCUT2D eigenvalue weighted by molar-refractivity contribution is 7.99. The summed E-state index contributed by atoms with van der Waals surface area (Å²) in [7, 11) is 0. The molecular formula is C16H22N2OS. The van der Waals surface area contributed by atoms with Crippen molar-refractivity contribution in [1.29, 1.82) is 0 Å². The number of thioether (sulfide) groups is 1. The molecular weight excluding hydrogens is 268 g/mol. The molecule has 2 aliphatic heterocycles. The van der Waals surface area contributed by atoms with E-state index in [1.165, 1.54) is 5.56 Å². The summed E-state index contributed by atoms with van der Waals surface area (Å²) in [6.45, 7) is 3.13. The number of rotatable bonds is 3. The minimum Gasteiger partial charge on any atom is -0.338 e. The van der Waals surface area contributed by atoms with Gasteiger partial charge >= 0.3 is 0 Å². The van der Waals surface area contributed by atoms with Crippen molar-refractivity contribution in [3.63, 3.8) is 0 Å². The highest BCUT2D eigenvalue weighted by Gasteiger charge is 2.37. The fourth-order valence-electron chi connectivity index (χ4n) is 3.26. The zero-order valence-corrected chi connectivity index (χ0v) is 12.7. The summed E-state index contributed by atoms with van der Waals surface area (Å²) in [6.07, 6.45) is 2.21. The van der Waals surface area contributed by atoms with Crippen molar-refractivity contribution in [2.45, 2.75) is 31.8 Å². The van der Waals surface area contributed by atoms with Crippen molar-refractivity contribution < 1.29 is 4.79 Å². The summed E-state index contributed by atoms with van der Waals surface area (Å²) in [4.78, 5) is 14.6. The highest BCUT2D eigenvalue weighted by atomic mass is 32.2. The van der Waals surface area contributed by atoms with Crippen molar-refractivity contribution in [2.24, 2.45) is 5.92 Å². The van der Waals surface area contributed by atoms with E-state index < -0.39 is 0 Å². The van der Waals surface area contributed by atoms with Gasteiger partial charge in [0.25, 0.3) is 0 Å². The molecule has 0 spiro atoms. The SMILES string of the molecule is CC1C(Cc2ccccc2)CCN1C(=O)[C@H]1CSCN1. The van der Waals surface area contributed by atoms with Gasteiger partial charge in [-0.2, -0.15) is 0 Å². The normalized spacial score (nSPS) is 29.9. The highest BCUT2D eigenvalue weighted by Crippen LogP contribution is 2.28. The summed E-state index contributed by atoms with van der Waals surface area (Å²) in [6, 6.07) is 11.0. The molecule has 20 heavy (non-hydrogen) atoms. The first-order chi connectivity index (χ1) is 9.75. The van der Waals surface area contributed by atoms with Crippen molar-refractivity contribution >= 4 is 17.7 Å². The second-order valence-corrected chi connectivity index (χ2v) is 6.81. The average molecular weight is 290 g/mol. The molecule has 2 fully saturated rings. The maximum absolute atomic E-state index is 12.5. The molecule has 0 bridgehead atoms. The van der Waals surface area contributed by atoms with Crippen LogP contribution in [-0.2, 0) is 11.2 Å². The molecule has 1 N–H and O–H groups in total. The van der Waals surface area contributed by atoms with Gasteiger partial charge in [0.15, 0.2) is 0 Å². The Labute approximate surface area is 125 Å². The number of carbonyl (C=O) groups is 1. The Morgan fingerprint density at radius 2 is 2.20 bits per heavy atom. The standard InChI is InChI=1S/C16H22N2OS/c1-12-14(9-13-5-3-2-4-6-13)7-8-18(12)16(19)15-10-20-11-17-15/h2-6,12,14-15,17H,7-11H2,1H3/t12?,14?,15-/m1/s1. The number of likely N-dealkylation sites (tertiary alicyclic amines) is 1. The first-order valence-corrected chi connectivity index (χ1v) is 8.56. The van der Waals surface area contributed by atoms with Crippen LogP contribution in [0.4, 0.5) is 0 Å². The number of amides is 1. The van der Waals surface area contributed by atoms with Gasteiger partial charge in [0.05, 0.1) is 6.04 Å². The third-order valence-corrected chi connectivity index (χ3v) is 5.49. The van der Waals surface area contributed by atoms with Gasteiger partial charge in [-0.05, 0) is 31.2 Å². The summed E-state index contributed by atoms with van der Waals surface area (Å²) < 4.78 is 0. The molecule has 3 rings (SSSR count). The topological polar surface area (TPSA) is 32.3 Å². The number of hydrogen-bond acceptors (Lipinski definition) is 3. The van der Waals surface area contributed by atoms with Crippen LogP contribution in [0.5, 0.6) is 0 Å². The van der Waals surface area contributed by atoms with E-state index in [0.717, 1.165) is 31.0 Å². The summed E-state index contributed by atoms with van der Waals surface area (Å²) in [5.41, 5.74) is 1.38. The van der Waals surface area contributed by atoms with Gasteiger partial charge in [0, 0.05) is 24.2 Å². The van der Waals surface area contributed by atoms with Gasteiger partial charge in [-0.3, -0.25) is 10.1 Å². The summed E-state index contributed by atoms with van der Waals surface area (Å²) in [5.74, 6) is 2.73. The fraction of sp³-hybridized carbons (Fsp3) is 0.562. The smallest absolute Gasteiger partial charge is 0.240 e. The van der Waals surface area contributed by atoms with E-state index in [1.54, 1.807) is 0 Å². The quantitative estimate of drug-likeness (QED) is 0.925. The first-order valence-electron chi connectivity index (χ1n) is 7.41. The number of benzene rings is 1. The molecule has 2 unspecified atom stereocenters. The van der Waals surface area contributed by atoms with Gasteiger partial charge < -0.3 is 4.90 Å². The zero-order chi connectivity index (χ0) is 13.9. The lowest BCUT2D eigenvalue weighted by atomic mass is 9.93. The first kappa shape index (κ1) is 14.0. The predicted molar refractivity (Wildman–Crippen MR) is 83.7 cm³/mol. The number of nitrogens with zero attached hydrogens (tertiary/aromatic N) is 1. The van der Waals surface area contributed by atoms with Crippen molar-refractivity contribution in [3.8, 4) is 0 Å². The molecule has 0 aliphatic carbocycles. The fourth-order valence-corrected chi connectivity index (χ4v) is 4.19. The molecule has 3 nitrogen and oxygen atoms in total. The van der Waals surface area contributed by atoms with E-state index >= 15 is 0 Å². The molecule has 2 aliphatic rings. The molecule has 1 amide bonds. The largest absolute Gasteiger partial charge is 0.338 e. The van der Waals surface area contributed by atoms with E-state index in [9.17, 15) is 4.79 Å². The number of hydrogen-bond donors (Lipinski definition) is 1. The lowest BCUT2D eigenvalue weighted by Crippen LogP contribution is -2.47. The van der Waals surface area contributed by atoms with Crippen LogP contribution in [0.2, 0.25) is 0 Å². The van der Waals surface area contributed by atoms with Crippen molar-refractivity contribution in [3.05, 3.63) is 35.9 Å². The molecule has 1 aromatic rings. The molecule has 4 heteroatoms. The minimum atomic E-state index is 0.0397. The molecule has 2 heterocycles. The summed E-state index contributed by atoms with van der Waals surface area (Å²) >= 11 is 1.82. The van der Waals surface area contributed by atoms with Crippen LogP contribution in [0.1, 0.15) is 18.9 Å². The Hall–Kier alpha value is -1.000. The maximum Gasteiger partial charge on any atom is 0.240 e. The van der Waals surface area contributed by atoms with E-state index in [-0.39, 0.29) is 6.04 Å². The molecule has 2 saturated heterocycles. The van der Waals surface area contributed by atoms with E-state index in [4.69, 9.17) is 0 Å². The van der Waals surface area contributed by atoms with Crippen LogP contribution in [-0.4, -0.2) is 41.1 Å². The monoisotopic (exact) mass is 290 g/mol. The van der Waals surface area contributed by atoms with E-state index in [2.05, 4.69) is 47.5 Å². The lowest BCUT2D eigenvalue weighted by molar-refractivity contribution is -0.133. The van der Waals surface area contributed by atoms with Crippen molar-refractivity contribution in [2.75, 3.05) is 18.2 Å². The predicted octanol–water partition coefficient (Wildman–Crippen LogP) is 2.13. The van der Waals surface area contributed by atoms with E-state index in [0.29, 0.717) is 17.9 Å². The van der Waals surface area contributed by atoms with Gasteiger partial charge in [0.2, 0.25) is 5.91 Å². The Bertz CT molecular complexity index is 459. The number of nitrogens with one attached hydrogen (secondary N) is 1. The van der Waals surface area contributed by atoms with Gasteiger partial charge in [-0.15, -0.1) is 11.8 Å². The van der Waals surface area contributed by atoms with Gasteiger partial charge in [0.1, 0.15) is 0 Å². The lowest BCUT2D eigenvalue weighted by Gasteiger charge is -2.27. The Morgan fingerprint density at radius 3 is 2.90 bits per heavy atom. The molecule has 3 atom stereocenters. The van der Waals surface area contributed by atoms with Crippen LogP contribution in [0.3, 0.4) is 0 Å². The molecule has 0 aromatic heterocycles. The second-order valence-electron chi connectivity index (χ2n) is 5.78. The molecule has 1 aromatic carbocycles. The third kappa shape index (κ3) is 2.86. The Kier molecular flexibility index (Phi) is 4.32. The van der Waals surface area contributed by atoms with Crippen LogP contribution in [0.15, 0.2) is 30.3 Å². The Morgan fingerprint density at radius 1 is 1.40 bits per heavy atom. The minimum absolute atomic E-state index is 0.0397. The van der Waals surface area contributed by atoms with Gasteiger partial charge in [-0.1, -0.05) is 30.3 Å². The second kappa shape index (κ2) is 6.19. The van der Waals surface area contributed by atoms with Gasteiger partial charge in [-0.25, -0.2) is 0 Å². The average Bonchev–Trinajstić information content (AvgIpc) is 3.11. The molecule has 108 valence electrons. The molecule has 0 radical (unpaired) electrons. The number of carbonyl (C=O) groups excluding carboxylic acids is 1. The van der Waals surface area contributed by atoms with Crippen LogP contribution < -0.4 is 5.32 Å². The van der Waals surface area contributed by atoms with Crippen LogP contribution in [0.25, 0.3) is 0 Å². The van der Waals surface area contributed by atoms with Crippen LogP contribution in [0, 0.1) is 5.92 Å². The summed E-state index contributed by atoms with van der Waals surface area (Å²) in [5, 5.41) is 3.29. The zero-order valence-electron chi connectivity index (χ0n) is 11.9. The molecule has 0 saturated carbocycles.